The second-order valence-corrected chi connectivity index (χ2v) is 6.60. The molecular weight excluding hydrogens is 395 g/mol. The summed E-state index contributed by atoms with van der Waals surface area (Å²) in [5.74, 6) is -0.486. The fourth-order valence-corrected chi connectivity index (χ4v) is 3.00. The number of nitrogens with zero attached hydrogens (tertiary/aromatic N) is 3. The van der Waals surface area contributed by atoms with Gasteiger partial charge in [-0.25, -0.2) is 14.5 Å². The van der Waals surface area contributed by atoms with Gasteiger partial charge in [0.25, 0.3) is 5.91 Å². The number of rotatable bonds is 7. The minimum Gasteiger partial charge on any atom is -0.483 e. The number of halogens is 1. The standard InChI is InChI=1S/C24H19FN4O2/c25-19-11-12-23(31-17-24(30)28-26-16-18-7-3-1-4-8-18)21(15-19)22-13-14-27-29(22)20-9-5-2-6-10-20/h1-16H,17H2,(H,28,30)/b26-16+. The Kier molecular flexibility index (Phi) is 6.13. The van der Waals surface area contributed by atoms with Gasteiger partial charge in [0.05, 0.1) is 23.8 Å². The number of ether oxygens (including phenoxy) is 1. The predicted molar refractivity (Wildman–Crippen MR) is 117 cm³/mol. The molecule has 154 valence electrons. The lowest BCUT2D eigenvalue weighted by molar-refractivity contribution is -0.123. The second-order valence-electron chi connectivity index (χ2n) is 6.60. The lowest BCUT2D eigenvalue weighted by Crippen LogP contribution is -2.24. The van der Waals surface area contributed by atoms with Gasteiger partial charge in [0.15, 0.2) is 6.61 Å². The number of nitrogens with one attached hydrogen (secondary N) is 1. The molecule has 0 aliphatic carbocycles. The van der Waals surface area contributed by atoms with Gasteiger partial charge in [0.2, 0.25) is 0 Å². The molecule has 0 spiro atoms. The van der Waals surface area contributed by atoms with Crippen LogP contribution in [0, 0.1) is 5.82 Å². The van der Waals surface area contributed by atoms with Crippen molar-refractivity contribution in [1.29, 1.82) is 0 Å². The number of para-hydroxylation sites is 1. The molecule has 4 rings (SSSR count). The van der Waals surface area contributed by atoms with E-state index >= 15 is 0 Å². The van der Waals surface area contributed by atoms with Gasteiger partial charge in [-0.3, -0.25) is 4.79 Å². The van der Waals surface area contributed by atoms with E-state index in [-0.39, 0.29) is 6.61 Å². The van der Waals surface area contributed by atoms with E-state index in [4.69, 9.17) is 4.74 Å². The second kappa shape index (κ2) is 9.49. The number of hydrogen-bond donors (Lipinski definition) is 1. The highest BCUT2D eigenvalue weighted by atomic mass is 19.1. The third kappa shape index (κ3) is 5.02. The Bertz CT molecular complexity index is 1190. The van der Waals surface area contributed by atoms with Crippen molar-refractivity contribution < 1.29 is 13.9 Å². The van der Waals surface area contributed by atoms with E-state index in [1.54, 1.807) is 23.2 Å². The maximum absolute atomic E-state index is 14.0. The van der Waals surface area contributed by atoms with Crippen LogP contribution in [0.5, 0.6) is 5.75 Å². The van der Waals surface area contributed by atoms with Crippen LogP contribution < -0.4 is 10.2 Å². The first-order valence-corrected chi connectivity index (χ1v) is 9.60. The topological polar surface area (TPSA) is 68.5 Å². The first kappa shape index (κ1) is 20.0. The zero-order valence-electron chi connectivity index (χ0n) is 16.5. The molecule has 1 N–H and O–H groups in total. The molecular formula is C24H19FN4O2. The van der Waals surface area contributed by atoms with Crippen molar-refractivity contribution in [2.75, 3.05) is 6.61 Å². The average molecular weight is 414 g/mol. The third-order valence-corrected chi connectivity index (χ3v) is 4.42. The molecule has 0 fully saturated rings. The van der Waals surface area contributed by atoms with Gasteiger partial charge in [0.1, 0.15) is 11.6 Å². The van der Waals surface area contributed by atoms with Gasteiger partial charge in [-0.2, -0.15) is 10.2 Å². The zero-order valence-corrected chi connectivity index (χ0v) is 16.5. The molecule has 0 unspecified atom stereocenters. The minimum atomic E-state index is -0.431. The van der Waals surface area contributed by atoms with Gasteiger partial charge in [-0.15, -0.1) is 0 Å². The van der Waals surface area contributed by atoms with Crippen LogP contribution in [0.25, 0.3) is 16.9 Å². The van der Waals surface area contributed by atoms with Gasteiger partial charge in [0, 0.05) is 5.56 Å². The molecule has 0 atom stereocenters. The van der Waals surface area contributed by atoms with Crippen LogP contribution in [0.4, 0.5) is 4.39 Å². The van der Waals surface area contributed by atoms with E-state index in [9.17, 15) is 9.18 Å². The Morgan fingerprint density at radius 2 is 1.77 bits per heavy atom. The van der Waals surface area contributed by atoms with Crippen LogP contribution in [0.15, 0.2) is 96.2 Å². The Morgan fingerprint density at radius 1 is 1.03 bits per heavy atom. The number of amides is 1. The Hall–Kier alpha value is -4.26. The summed E-state index contributed by atoms with van der Waals surface area (Å²) in [4.78, 5) is 12.1. The molecule has 1 aromatic heterocycles. The molecule has 0 aliphatic rings. The molecule has 31 heavy (non-hydrogen) atoms. The van der Waals surface area contributed by atoms with Crippen molar-refractivity contribution in [3.63, 3.8) is 0 Å². The van der Waals surface area contributed by atoms with Crippen molar-refractivity contribution in [2.24, 2.45) is 5.10 Å². The first-order valence-electron chi connectivity index (χ1n) is 9.60. The zero-order chi connectivity index (χ0) is 21.5. The number of benzene rings is 3. The van der Waals surface area contributed by atoms with Gasteiger partial charge in [-0.1, -0.05) is 48.5 Å². The Morgan fingerprint density at radius 3 is 2.55 bits per heavy atom. The molecule has 6 nitrogen and oxygen atoms in total. The molecule has 0 aliphatic heterocycles. The summed E-state index contributed by atoms with van der Waals surface area (Å²) in [5, 5.41) is 8.25. The van der Waals surface area contributed by atoms with E-state index < -0.39 is 11.7 Å². The fraction of sp³-hybridized carbons (Fsp3) is 0.0417. The average Bonchev–Trinajstić information content (AvgIpc) is 3.29. The molecule has 4 aromatic rings. The monoisotopic (exact) mass is 414 g/mol. The third-order valence-electron chi connectivity index (χ3n) is 4.42. The van der Waals surface area contributed by atoms with Crippen LogP contribution in [0.3, 0.4) is 0 Å². The van der Waals surface area contributed by atoms with E-state index in [1.807, 2.05) is 60.7 Å². The minimum absolute atomic E-state index is 0.274. The summed E-state index contributed by atoms with van der Waals surface area (Å²) < 4.78 is 21.4. The van der Waals surface area contributed by atoms with E-state index in [2.05, 4.69) is 15.6 Å². The van der Waals surface area contributed by atoms with Crippen molar-refractivity contribution in [3.05, 3.63) is 103 Å². The SMILES string of the molecule is O=C(COc1ccc(F)cc1-c1ccnn1-c1ccccc1)N/N=C/c1ccccc1. The van der Waals surface area contributed by atoms with E-state index in [0.29, 0.717) is 17.0 Å². The van der Waals surface area contributed by atoms with Gasteiger partial charge < -0.3 is 4.74 Å². The molecule has 0 saturated carbocycles. The highest BCUT2D eigenvalue weighted by Gasteiger charge is 2.15. The first-order chi connectivity index (χ1) is 15.2. The molecule has 0 bridgehead atoms. The normalized spacial score (nSPS) is 10.9. The lowest BCUT2D eigenvalue weighted by atomic mass is 10.1. The number of hydrogen-bond acceptors (Lipinski definition) is 4. The maximum Gasteiger partial charge on any atom is 0.277 e. The predicted octanol–water partition coefficient (Wildman–Crippen LogP) is 4.21. The highest BCUT2D eigenvalue weighted by Crippen LogP contribution is 2.32. The van der Waals surface area contributed by atoms with Crippen molar-refractivity contribution in [1.82, 2.24) is 15.2 Å². The number of carbonyl (C=O) groups is 1. The summed E-state index contributed by atoms with van der Waals surface area (Å²) in [6.45, 7) is -0.274. The fourth-order valence-electron chi connectivity index (χ4n) is 3.00. The molecule has 0 saturated heterocycles. The maximum atomic E-state index is 14.0. The van der Waals surface area contributed by atoms with Crippen molar-refractivity contribution >= 4 is 12.1 Å². The number of carbonyl (C=O) groups excluding carboxylic acids is 1. The molecule has 7 heteroatoms. The van der Waals surface area contributed by atoms with E-state index in [0.717, 1.165) is 11.3 Å². The summed E-state index contributed by atoms with van der Waals surface area (Å²) >= 11 is 0. The number of aromatic nitrogens is 2. The molecule has 3 aromatic carbocycles. The highest BCUT2D eigenvalue weighted by molar-refractivity contribution is 5.83. The van der Waals surface area contributed by atoms with Crippen LogP contribution in [0.2, 0.25) is 0 Å². The molecule has 1 heterocycles. The van der Waals surface area contributed by atoms with Gasteiger partial charge >= 0.3 is 0 Å². The van der Waals surface area contributed by atoms with Crippen LogP contribution in [-0.2, 0) is 4.79 Å². The Labute approximate surface area is 178 Å². The Balaban J connectivity index is 1.49. The largest absolute Gasteiger partial charge is 0.483 e. The molecule has 1 amide bonds. The van der Waals surface area contributed by atoms with E-state index in [1.165, 1.54) is 18.2 Å². The summed E-state index contributed by atoms with van der Waals surface area (Å²) in [6, 6.07) is 24.8. The smallest absolute Gasteiger partial charge is 0.277 e. The lowest BCUT2D eigenvalue weighted by Gasteiger charge is -2.13. The summed E-state index contributed by atoms with van der Waals surface area (Å²) in [6.07, 6.45) is 3.17. The summed E-state index contributed by atoms with van der Waals surface area (Å²) in [7, 11) is 0. The van der Waals surface area contributed by atoms with Crippen molar-refractivity contribution in [2.45, 2.75) is 0 Å². The quantitative estimate of drug-likeness (QED) is 0.364. The molecule has 0 radical (unpaired) electrons. The van der Waals surface area contributed by atoms with Crippen LogP contribution >= 0.6 is 0 Å². The van der Waals surface area contributed by atoms with Gasteiger partial charge in [-0.05, 0) is 42.0 Å². The van der Waals surface area contributed by atoms with Crippen LogP contribution in [0.1, 0.15) is 5.56 Å². The summed E-state index contributed by atoms with van der Waals surface area (Å²) in [5.41, 5.74) is 5.23. The number of hydrazone groups is 1. The van der Waals surface area contributed by atoms with Crippen molar-refractivity contribution in [3.8, 4) is 22.7 Å². The van der Waals surface area contributed by atoms with Crippen LogP contribution in [-0.4, -0.2) is 28.5 Å².